The molecule has 0 aliphatic rings. The summed E-state index contributed by atoms with van der Waals surface area (Å²) in [7, 11) is 0. The maximum Gasteiger partial charge on any atom is 0.321 e. The summed E-state index contributed by atoms with van der Waals surface area (Å²) >= 11 is 0. The molecule has 1 aromatic carbocycles. The van der Waals surface area contributed by atoms with Crippen molar-refractivity contribution in [2.45, 2.75) is 32.1 Å². The number of aromatic hydroxyl groups is 1. The van der Waals surface area contributed by atoms with Gasteiger partial charge in [-0.05, 0) is 30.5 Å². The van der Waals surface area contributed by atoms with E-state index in [-0.39, 0.29) is 18.6 Å². The second-order valence-corrected chi connectivity index (χ2v) is 3.80. The molecular formula is C12H16FNO3. The zero-order chi connectivity index (χ0) is 12.8. The minimum absolute atomic E-state index is 0.116. The molecule has 0 heterocycles. The molecule has 94 valence electrons. The van der Waals surface area contributed by atoms with E-state index in [0.717, 1.165) is 5.56 Å². The van der Waals surface area contributed by atoms with Crippen molar-refractivity contribution >= 4 is 5.97 Å². The monoisotopic (exact) mass is 241 g/mol. The summed E-state index contributed by atoms with van der Waals surface area (Å²) in [5.74, 6) is -0.973. The Hall–Kier alpha value is -1.62. The minimum Gasteiger partial charge on any atom is -0.508 e. The number of benzene rings is 1. The SMILES string of the molecule is CCC(F)NC(Cc1ccc(O)cc1)C(=O)O. The predicted octanol–water partition coefficient (Wildman–Crippen LogP) is 1.68. The van der Waals surface area contributed by atoms with Gasteiger partial charge in [-0.1, -0.05) is 19.1 Å². The van der Waals surface area contributed by atoms with Crippen LogP contribution in [0.25, 0.3) is 0 Å². The first-order chi connectivity index (χ1) is 8.02. The van der Waals surface area contributed by atoms with Gasteiger partial charge in [0.1, 0.15) is 11.8 Å². The number of rotatable bonds is 6. The van der Waals surface area contributed by atoms with Crippen LogP contribution < -0.4 is 5.32 Å². The standard InChI is InChI=1S/C12H16FNO3/c1-2-11(13)14-10(12(16)17)7-8-3-5-9(15)6-4-8/h3-6,10-11,14-15H,2,7H2,1H3,(H,16,17). The highest BCUT2D eigenvalue weighted by atomic mass is 19.1. The molecule has 0 spiro atoms. The van der Waals surface area contributed by atoms with Crippen molar-refractivity contribution in [1.29, 1.82) is 0 Å². The van der Waals surface area contributed by atoms with Crippen LogP contribution in [-0.2, 0) is 11.2 Å². The first-order valence-electron chi connectivity index (χ1n) is 5.43. The van der Waals surface area contributed by atoms with Crippen LogP contribution >= 0.6 is 0 Å². The number of halogens is 1. The van der Waals surface area contributed by atoms with Gasteiger partial charge >= 0.3 is 5.97 Å². The van der Waals surface area contributed by atoms with Gasteiger partial charge in [0.05, 0.1) is 0 Å². The molecule has 1 rings (SSSR count). The molecule has 0 aliphatic carbocycles. The Morgan fingerprint density at radius 1 is 1.41 bits per heavy atom. The van der Waals surface area contributed by atoms with Crippen LogP contribution in [0.3, 0.4) is 0 Å². The van der Waals surface area contributed by atoms with E-state index in [0.29, 0.717) is 0 Å². The van der Waals surface area contributed by atoms with Gasteiger partial charge in [0.25, 0.3) is 0 Å². The Balaban J connectivity index is 2.66. The molecule has 2 atom stereocenters. The molecule has 3 N–H and O–H groups in total. The van der Waals surface area contributed by atoms with Crippen molar-refractivity contribution in [3.63, 3.8) is 0 Å². The number of alkyl halides is 1. The van der Waals surface area contributed by atoms with Crippen molar-refractivity contribution in [3.05, 3.63) is 29.8 Å². The Kier molecular flexibility index (Phi) is 4.90. The summed E-state index contributed by atoms with van der Waals surface area (Å²) in [6.07, 6.45) is -0.928. The number of aliphatic carboxylic acids is 1. The van der Waals surface area contributed by atoms with Crippen molar-refractivity contribution in [3.8, 4) is 5.75 Å². The van der Waals surface area contributed by atoms with Crippen LogP contribution in [0.5, 0.6) is 5.75 Å². The van der Waals surface area contributed by atoms with Crippen LogP contribution in [-0.4, -0.2) is 28.5 Å². The highest BCUT2D eigenvalue weighted by molar-refractivity contribution is 5.73. The van der Waals surface area contributed by atoms with Gasteiger partial charge in [-0.2, -0.15) is 0 Å². The van der Waals surface area contributed by atoms with E-state index < -0.39 is 18.3 Å². The number of hydrogen-bond acceptors (Lipinski definition) is 3. The number of carboxylic acid groups (broad SMARTS) is 1. The van der Waals surface area contributed by atoms with Gasteiger partial charge < -0.3 is 10.2 Å². The predicted molar refractivity (Wildman–Crippen MR) is 61.6 cm³/mol. The fraction of sp³-hybridized carbons (Fsp3) is 0.417. The Morgan fingerprint density at radius 3 is 2.47 bits per heavy atom. The van der Waals surface area contributed by atoms with E-state index in [2.05, 4.69) is 5.32 Å². The largest absolute Gasteiger partial charge is 0.508 e. The van der Waals surface area contributed by atoms with E-state index in [4.69, 9.17) is 10.2 Å². The number of carbonyl (C=O) groups is 1. The van der Waals surface area contributed by atoms with Gasteiger partial charge in [0.15, 0.2) is 6.30 Å². The summed E-state index contributed by atoms with van der Waals surface area (Å²) in [6.45, 7) is 1.64. The zero-order valence-corrected chi connectivity index (χ0v) is 9.56. The minimum atomic E-state index is -1.33. The number of hydrogen-bond donors (Lipinski definition) is 3. The number of phenols is 1. The fourth-order valence-corrected chi connectivity index (χ4v) is 1.42. The van der Waals surface area contributed by atoms with Gasteiger partial charge in [-0.3, -0.25) is 10.1 Å². The molecule has 0 aliphatic heterocycles. The van der Waals surface area contributed by atoms with Gasteiger partial charge in [0, 0.05) is 0 Å². The number of phenolic OH excluding ortho intramolecular Hbond substituents is 1. The van der Waals surface area contributed by atoms with E-state index in [1.54, 1.807) is 19.1 Å². The van der Waals surface area contributed by atoms with Crippen LogP contribution in [0, 0.1) is 0 Å². The average molecular weight is 241 g/mol. The van der Waals surface area contributed by atoms with Gasteiger partial charge in [-0.25, -0.2) is 4.39 Å². The number of nitrogens with one attached hydrogen (secondary N) is 1. The molecule has 2 unspecified atom stereocenters. The van der Waals surface area contributed by atoms with E-state index in [9.17, 15) is 9.18 Å². The summed E-state index contributed by atoms with van der Waals surface area (Å²) in [5, 5.41) is 20.4. The third-order valence-electron chi connectivity index (χ3n) is 2.41. The Morgan fingerprint density at radius 2 is 2.00 bits per heavy atom. The van der Waals surface area contributed by atoms with Gasteiger partial charge in [0.2, 0.25) is 0 Å². The van der Waals surface area contributed by atoms with Crippen molar-refractivity contribution < 1.29 is 19.4 Å². The third-order valence-corrected chi connectivity index (χ3v) is 2.41. The highest BCUT2D eigenvalue weighted by Crippen LogP contribution is 2.12. The second-order valence-electron chi connectivity index (χ2n) is 3.80. The maximum atomic E-state index is 13.1. The molecule has 5 heteroatoms. The van der Waals surface area contributed by atoms with Gasteiger partial charge in [-0.15, -0.1) is 0 Å². The van der Waals surface area contributed by atoms with E-state index >= 15 is 0 Å². The molecule has 0 radical (unpaired) electrons. The summed E-state index contributed by atoms with van der Waals surface area (Å²) < 4.78 is 13.1. The van der Waals surface area contributed by atoms with Crippen molar-refractivity contribution in [1.82, 2.24) is 5.32 Å². The second kappa shape index (κ2) is 6.20. The number of carboxylic acids is 1. The topological polar surface area (TPSA) is 69.6 Å². The highest BCUT2D eigenvalue weighted by Gasteiger charge is 2.20. The van der Waals surface area contributed by atoms with Crippen LogP contribution in [0.15, 0.2) is 24.3 Å². The Labute approximate surface area is 99.1 Å². The molecule has 0 bridgehead atoms. The average Bonchev–Trinajstić information content (AvgIpc) is 2.30. The van der Waals surface area contributed by atoms with E-state index in [1.807, 2.05) is 0 Å². The molecule has 0 saturated heterocycles. The summed E-state index contributed by atoms with van der Waals surface area (Å²) in [6, 6.07) is 5.22. The van der Waals surface area contributed by atoms with Crippen LogP contribution in [0.2, 0.25) is 0 Å². The normalized spacial score (nSPS) is 14.2. The maximum absolute atomic E-state index is 13.1. The lowest BCUT2D eigenvalue weighted by atomic mass is 10.1. The molecular weight excluding hydrogens is 225 g/mol. The molecule has 0 saturated carbocycles. The lowest BCUT2D eigenvalue weighted by molar-refractivity contribution is -0.140. The smallest absolute Gasteiger partial charge is 0.321 e. The summed E-state index contributed by atoms with van der Waals surface area (Å²) in [4.78, 5) is 10.9. The molecule has 0 fully saturated rings. The summed E-state index contributed by atoms with van der Waals surface area (Å²) in [5.41, 5.74) is 0.728. The van der Waals surface area contributed by atoms with Crippen molar-refractivity contribution in [2.24, 2.45) is 0 Å². The molecule has 0 aromatic heterocycles. The first kappa shape index (κ1) is 13.4. The van der Waals surface area contributed by atoms with Crippen molar-refractivity contribution in [2.75, 3.05) is 0 Å². The third kappa shape index (κ3) is 4.40. The molecule has 0 amide bonds. The van der Waals surface area contributed by atoms with Crippen LogP contribution in [0.4, 0.5) is 4.39 Å². The molecule has 4 nitrogen and oxygen atoms in total. The molecule has 17 heavy (non-hydrogen) atoms. The first-order valence-corrected chi connectivity index (χ1v) is 5.43. The lowest BCUT2D eigenvalue weighted by Crippen LogP contribution is -2.42. The fourth-order valence-electron chi connectivity index (χ4n) is 1.42. The van der Waals surface area contributed by atoms with E-state index in [1.165, 1.54) is 12.1 Å². The zero-order valence-electron chi connectivity index (χ0n) is 9.56. The quantitative estimate of drug-likeness (QED) is 0.663. The molecule has 1 aromatic rings. The lowest BCUT2D eigenvalue weighted by Gasteiger charge is -2.16. The van der Waals surface area contributed by atoms with Crippen LogP contribution in [0.1, 0.15) is 18.9 Å². The Bertz CT molecular complexity index is 367.